The zero-order chi connectivity index (χ0) is 17.0. The van der Waals surface area contributed by atoms with Gasteiger partial charge < -0.3 is 16.2 Å². The first-order chi connectivity index (χ1) is 10.9. The van der Waals surface area contributed by atoms with Crippen LogP contribution in [-0.4, -0.2) is 28.4 Å². The number of rotatable bonds is 5. The number of carbonyl (C=O) groups excluding carboxylic acids is 2. The van der Waals surface area contributed by atoms with Crippen LogP contribution in [0.3, 0.4) is 0 Å². The molecule has 6 nitrogen and oxygen atoms in total. The number of benzene rings is 1. The van der Waals surface area contributed by atoms with Crippen molar-refractivity contribution in [3.8, 4) is 0 Å². The van der Waals surface area contributed by atoms with Gasteiger partial charge in [0.25, 0.3) is 5.91 Å². The monoisotopic (exact) mass is 321 g/mol. The van der Waals surface area contributed by atoms with Crippen molar-refractivity contribution in [3.63, 3.8) is 0 Å². The van der Waals surface area contributed by atoms with Crippen molar-refractivity contribution in [1.29, 1.82) is 0 Å². The highest BCUT2D eigenvalue weighted by atomic mass is 19.1. The van der Waals surface area contributed by atoms with E-state index in [1.165, 1.54) is 18.3 Å². The molecule has 2 aromatic rings. The summed E-state index contributed by atoms with van der Waals surface area (Å²) in [5, 5.41) is 12.2. The average molecular weight is 321 g/mol. The Labute approximate surface area is 130 Å². The Morgan fingerprint density at radius 1 is 1.26 bits per heavy atom. The standard InChI is InChI=1S/C15H13F2N3O3/c16-9-1-2-10(11(17)6-9)13(21)7-20-15(23)12-5-8(14(18)22)3-4-19-12/h1-6,13,21H,7H2,(H2,18,22)(H,20,23)/t13-/m0/s1. The van der Waals surface area contributed by atoms with Gasteiger partial charge in [-0.3, -0.25) is 14.6 Å². The van der Waals surface area contributed by atoms with Crippen LogP contribution < -0.4 is 11.1 Å². The summed E-state index contributed by atoms with van der Waals surface area (Å²) in [6.45, 7) is -0.316. The van der Waals surface area contributed by atoms with E-state index in [2.05, 4.69) is 10.3 Å². The molecule has 0 aliphatic carbocycles. The molecule has 1 aromatic heterocycles. The van der Waals surface area contributed by atoms with E-state index in [9.17, 15) is 23.5 Å². The number of nitrogens with one attached hydrogen (secondary N) is 1. The van der Waals surface area contributed by atoms with Crippen LogP contribution in [-0.2, 0) is 0 Å². The van der Waals surface area contributed by atoms with Gasteiger partial charge in [0.1, 0.15) is 17.3 Å². The number of nitrogens with two attached hydrogens (primary N) is 1. The van der Waals surface area contributed by atoms with Gasteiger partial charge in [0.2, 0.25) is 5.91 Å². The van der Waals surface area contributed by atoms with E-state index in [0.29, 0.717) is 6.07 Å². The number of nitrogens with zero attached hydrogens (tertiary/aromatic N) is 1. The molecule has 0 bridgehead atoms. The fraction of sp³-hybridized carbons (Fsp3) is 0.133. The summed E-state index contributed by atoms with van der Waals surface area (Å²) in [5.41, 5.74) is 4.98. The van der Waals surface area contributed by atoms with Crippen LogP contribution in [0.15, 0.2) is 36.5 Å². The minimum Gasteiger partial charge on any atom is -0.386 e. The van der Waals surface area contributed by atoms with E-state index in [4.69, 9.17) is 5.73 Å². The number of hydrogen-bond acceptors (Lipinski definition) is 4. The summed E-state index contributed by atoms with van der Waals surface area (Å²) >= 11 is 0. The van der Waals surface area contributed by atoms with Crippen LogP contribution in [0.25, 0.3) is 0 Å². The predicted molar refractivity (Wildman–Crippen MR) is 76.4 cm³/mol. The summed E-state index contributed by atoms with van der Waals surface area (Å²) in [6, 6.07) is 5.28. The second-order valence-electron chi connectivity index (χ2n) is 4.69. The molecule has 0 radical (unpaired) electrons. The lowest BCUT2D eigenvalue weighted by molar-refractivity contribution is 0.0909. The van der Waals surface area contributed by atoms with Crippen LogP contribution in [0.1, 0.15) is 32.5 Å². The van der Waals surface area contributed by atoms with E-state index in [-0.39, 0.29) is 23.4 Å². The van der Waals surface area contributed by atoms with E-state index in [1.807, 2.05) is 0 Å². The molecule has 0 aliphatic rings. The SMILES string of the molecule is NC(=O)c1ccnc(C(=O)NC[C@H](O)c2ccc(F)cc2F)c1. The van der Waals surface area contributed by atoms with Gasteiger partial charge in [-0.15, -0.1) is 0 Å². The molecular formula is C15H13F2N3O3. The Bertz CT molecular complexity index is 752. The van der Waals surface area contributed by atoms with Gasteiger partial charge in [-0.1, -0.05) is 6.07 Å². The lowest BCUT2D eigenvalue weighted by Gasteiger charge is -2.13. The topological polar surface area (TPSA) is 105 Å². The second kappa shape index (κ2) is 6.93. The highest BCUT2D eigenvalue weighted by molar-refractivity contribution is 5.97. The Hall–Kier alpha value is -2.87. The van der Waals surface area contributed by atoms with Gasteiger partial charge in [0, 0.05) is 29.9 Å². The Morgan fingerprint density at radius 2 is 2.00 bits per heavy atom. The van der Waals surface area contributed by atoms with E-state index < -0.39 is 29.6 Å². The molecular weight excluding hydrogens is 308 g/mol. The first-order valence-corrected chi connectivity index (χ1v) is 6.55. The van der Waals surface area contributed by atoms with Crippen molar-refractivity contribution in [2.75, 3.05) is 6.54 Å². The maximum atomic E-state index is 13.5. The van der Waals surface area contributed by atoms with Gasteiger partial charge in [-0.2, -0.15) is 0 Å². The first-order valence-electron chi connectivity index (χ1n) is 6.55. The number of aliphatic hydroxyl groups is 1. The number of hydrogen-bond donors (Lipinski definition) is 3. The molecule has 2 rings (SSSR count). The highest BCUT2D eigenvalue weighted by Crippen LogP contribution is 2.17. The maximum absolute atomic E-state index is 13.5. The van der Waals surface area contributed by atoms with Gasteiger partial charge in [-0.25, -0.2) is 8.78 Å². The molecule has 0 spiro atoms. The zero-order valence-corrected chi connectivity index (χ0v) is 11.8. The molecule has 0 fully saturated rings. The van der Waals surface area contributed by atoms with E-state index in [0.717, 1.165) is 12.1 Å². The quantitative estimate of drug-likeness (QED) is 0.761. The highest BCUT2D eigenvalue weighted by Gasteiger charge is 2.16. The summed E-state index contributed by atoms with van der Waals surface area (Å²) in [5.74, 6) is -3.07. The molecule has 1 atom stereocenters. The zero-order valence-electron chi connectivity index (χ0n) is 11.8. The summed E-state index contributed by atoms with van der Waals surface area (Å²) < 4.78 is 26.3. The van der Waals surface area contributed by atoms with Crippen molar-refractivity contribution in [2.24, 2.45) is 5.73 Å². The van der Waals surface area contributed by atoms with Gasteiger partial charge in [0.05, 0.1) is 6.10 Å². The molecule has 4 N–H and O–H groups in total. The normalized spacial score (nSPS) is 11.8. The van der Waals surface area contributed by atoms with Crippen molar-refractivity contribution in [2.45, 2.75) is 6.10 Å². The lowest BCUT2D eigenvalue weighted by Crippen LogP contribution is -2.29. The molecule has 8 heteroatoms. The van der Waals surface area contributed by atoms with Crippen LogP contribution >= 0.6 is 0 Å². The van der Waals surface area contributed by atoms with E-state index in [1.54, 1.807) is 0 Å². The minimum absolute atomic E-state index is 0.0759. The Balaban J connectivity index is 2.03. The van der Waals surface area contributed by atoms with Crippen LogP contribution in [0, 0.1) is 11.6 Å². The molecule has 1 aromatic carbocycles. The van der Waals surface area contributed by atoms with Crippen molar-refractivity contribution in [1.82, 2.24) is 10.3 Å². The van der Waals surface area contributed by atoms with Crippen LogP contribution in [0.4, 0.5) is 8.78 Å². The lowest BCUT2D eigenvalue weighted by atomic mass is 10.1. The maximum Gasteiger partial charge on any atom is 0.270 e. The van der Waals surface area contributed by atoms with Crippen molar-refractivity contribution < 1.29 is 23.5 Å². The smallest absolute Gasteiger partial charge is 0.270 e. The molecule has 0 saturated carbocycles. The summed E-state index contributed by atoms with van der Waals surface area (Å²) in [6.07, 6.45) is -0.121. The summed E-state index contributed by atoms with van der Waals surface area (Å²) in [4.78, 5) is 26.7. The fourth-order valence-corrected chi connectivity index (χ4v) is 1.87. The Morgan fingerprint density at radius 3 is 2.65 bits per heavy atom. The predicted octanol–water partition coefficient (Wildman–Crippen LogP) is 0.922. The third-order valence-corrected chi connectivity index (χ3v) is 3.05. The number of halogens is 2. The molecule has 120 valence electrons. The van der Waals surface area contributed by atoms with Crippen LogP contribution in [0.5, 0.6) is 0 Å². The molecule has 0 saturated heterocycles. The van der Waals surface area contributed by atoms with E-state index >= 15 is 0 Å². The molecule has 23 heavy (non-hydrogen) atoms. The van der Waals surface area contributed by atoms with Crippen molar-refractivity contribution in [3.05, 3.63) is 65.0 Å². The molecule has 2 amide bonds. The first kappa shape index (κ1) is 16.5. The number of carbonyl (C=O) groups is 2. The number of aliphatic hydroxyl groups excluding tert-OH is 1. The van der Waals surface area contributed by atoms with Crippen LogP contribution in [0.2, 0.25) is 0 Å². The fourth-order valence-electron chi connectivity index (χ4n) is 1.87. The number of amides is 2. The third kappa shape index (κ3) is 4.07. The van der Waals surface area contributed by atoms with Gasteiger partial charge in [0.15, 0.2) is 0 Å². The summed E-state index contributed by atoms with van der Waals surface area (Å²) in [7, 11) is 0. The molecule has 1 heterocycles. The minimum atomic E-state index is -1.36. The average Bonchev–Trinajstić information content (AvgIpc) is 2.52. The number of primary amides is 1. The third-order valence-electron chi connectivity index (χ3n) is 3.05. The molecule has 0 aliphatic heterocycles. The number of aromatic nitrogens is 1. The van der Waals surface area contributed by atoms with Crippen molar-refractivity contribution >= 4 is 11.8 Å². The van der Waals surface area contributed by atoms with Gasteiger partial charge in [-0.05, 0) is 18.2 Å². The number of pyridine rings is 1. The second-order valence-corrected chi connectivity index (χ2v) is 4.69. The largest absolute Gasteiger partial charge is 0.386 e. The molecule has 0 unspecified atom stereocenters. The Kier molecular flexibility index (Phi) is 4.97. The van der Waals surface area contributed by atoms with Gasteiger partial charge >= 0.3 is 0 Å².